The van der Waals surface area contributed by atoms with Gasteiger partial charge in [0.25, 0.3) is 0 Å². The van der Waals surface area contributed by atoms with Crippen molar-refractivity contribution in [2.45, 2.75) is 6.42 Å². The molecular formula is C13H16N6O. The molecular weight excluding hydrogens is 256 g/mol. The van der Waals surface area contributed by atoms with Crippen molar-refractivity contribution in [3.63, 3.8) is 0 Å². The summed E-state index contributed by atoms with van der Waals surface area (Å²) in [6.45, 7) is 0. The number of ether oxygens (including phenoxy) is 1. The van der Waals surface area contributed by atoms with Crippen LogP contribution in [0.15, 0.2) is 40.6 Å². The van der Waals surface area contributed by atoms with Gasteiger partial charge in [-0.25, -0.2) is 15.0 Å². The first kappa shape index (κ1) is 13.7. The van der Waals surface area contributed by atoms with Crippen molar-refractivity contribution >= 4 is 11.9 Å². The Hall–Kier alpha value is -2.70. The third-order valence-corrected chi connectivity index (χ3v) is 2.82. The van der Waals surface area contributed by atoms with Gasteiger partial charge < -0.3 is 15.8 Å². The van der Waals surface area contributed by atoms with Crippen LogP contribution in [0.25, 0.3) is 0 Å². The second-order valence-corrected chi connectivity index (χ2v) is 4.07. The van der Waals surface area contributed by atoms with Gasteiger partial charge in [0.1, 0.15) is 5.82 Å². The molecule has 1 aromatic heterocycles. The molecule has 0 aliphatic carbocycles. The summed E-state index contributed by atoms with van der Waals surface area (Å²) < 4.78 is 4.89. The quantitative estimate of drug-likeness (QED) is 0.695. The summed E-state index contributed by atoms with van der Waals surface area (Å²) in [5.74, 6) is 0.724. The van der Waals surface area contributed by atoms with Gasteiger partial charge in [0, 0.05) is 48.9 Å². The Bertz CT molecular complexity index is 600. The Kier molecular flexibility index (Phi) is 4.09. The van der Waals surface area contributed by atoms with Crippen molar-refractivity contribution in [2.24, 2.45) is 10.7 Å². The van der Waals surface area contributed by atoms with Crippen LogP contribution in [-0.2, 0) is 0 Å². The molecule has 0 unspecified atom stereocenters. The number of methoxy groups -OCH3 is 1. The SMILES string of the molecule is CNC1=CCC(N)=C(C(=N)c2cnc(OC)nc2)C=N1. The van der Waals surface area contributed by atoms with E-state index in [1.54, 1.807) is 13.3 Å². The van der Waals surface area contributed by atoms with E-state index in [9.17, 15) is 0 Å². The molecule has 1 aliphatic heterocycles. The summed E-state index contributed by atoms with van der Waals surface area (Å²) in [5.41, 5.74) is 7.95. The number of nitrogens with two attached hydrogens (primary N) is 1. The Morgan fingerprint density at radius 3 is 2.70 bits per heavy atom. The highest BCUT2D eigenvalue weighted by Crippen LogP contribution is 2.14. The summed E-state index contributed by atoms with van der Waals surface area (Å²) >= 11 is 0. The molecule has 104 valence electrons. The van der Waals surface area contributed by atoms with E-state index in [4.69, 9.17) is 15.9 Å². The van der Waals surface area contributed by atoms with Crippen LogP contribution in [0.5, 0.6) is 6.01 Å². The highest BCUT2D eigenvalue weighted by molar-refractivity contribution is 6.23. The topological polar surface area (TPSA) is 109 Å². The maximum Gasteiger partial charge on any atom is 0.316 e. The van der Waals surface area contributed by atoms with Gasteiger partial charge in [0.15, 0.2) is 0 Å². The molecule has 0 spiro atoms. The number of nitrogens with zero attached hydrogens (tertiary/aromatic N) is 3. The highest BCUT2D eigenvalue weighted by Gasteiger charge is 2.13. The molecule has 0 amide bonds. The van der Waals surface area contributed by atoms with Gasteiger partial charge in [-0.3, -0.25) is 5.41 Å². The number of aromatic nitrogens is 2. The predicted molar refractivity (Wildman–Crippen MR) is 76.9 cm³/mol. The number of hydrogen-bond acceptors (Lipinski definition) is 7. The summed E-state index contributed by atoms with van der Waals surface area (Å²) in [5, 5.41) is 11.2. The van der Waals surface area contributed by atoms with Gasteiger partial charge in [0.05, 0.1) is 12.8 Å². The Morgan fingerprint density at radius 1 is 1.40 bits per heavy atom. The zero-order chi connectivity index (χ0) is 14.5. The summed E-state index contributed by atoms with van der Waals surface area (Å²) in [6.07, 6.45) is 7.04. The van der Waals surface area contributed by atoms with E-state index in [2.05, 4.69) is 20.3 Å². The Labute approximate surface area is 116 Å². The van der Waals surface area contributed by atoms with Crippen molar-refractivity contribution in [3.8, 4) is 6.01 Å². The van der Waals surface area contributed by atoms with E-state index < -0.39 is 0 Å². The predicted octanol–water partition coefficient (Wildman–Crippen LogP) is 0.601. The Morgan fingerprint density at radius 2 is 2.10 bits per heavy atom. The van der Waals surface area contributed by atoms with Gasteiger partial charge in [-0.1, -0.05) is 0 Å². The summed E-state index contributed by atoms with van der Waals surface area (Å²) in [6, 6.07) is 0.261. The Balaban J connectivity index is 2.28. The van der Waals surface area contributed by atoms with E-state index in [1.165, 1.54) is 19.5 Å². The first-order valence-corrected chi connectivity index (χ1v) is 6.01. The first-order chi connectivity index (χ1) is 9.65. The molecule has 0 saturated heterocycles. The van der Waals surface area contributed by atoms with Crippen LogP contribution in [0.2, 0.25) is 0 Å². The number of aliphatic imine (C=N–C) groups is 1. The molecule has 2 heterocycles. The van der Waals surface area contributed by atoms with Crippen LogP contribution >= 0.6 is 0 Å². The van der Waals surface area contributed by atoms with Gasteiger partial charge >= 0.3 is 6.01 Å². The third kappa shape index (κ3) is 2.82. The number of nitrogens with one attached hydrogen (secondary N) is 2. The standard InChI is InChI=1S/C13H16N6O/c1-16-11-4-3-10(14)9(7-17-11)12(15)8-5-18-13(20-2)19-6-8/h4-7,15-16H,3,14H2,1-2H3. The highest BCUT2D eigenvalue weighted by atomic mass is 16.5. The average Bonchev–Trinajstić information content (AvgIpc) is 2.68. The number of allylic oxidation sites excluding steroid dienone is 2. The van der Waals surface area contributed by atoms with Crippen molar-refractivity contribution in [1.29, 1.82) is 5.41 Å². The molecule has 7 heteroatoms. The molecule has 1 aromatic rings. The fourth-order valence-corrected chi connectivity index (χ4v) is 1.68. The van der Waals surface area contributed by atoms with Gasteiger partial charge in [-0.2, -0.15) is 0 Å². The maximum absolute atomic E-state index is 8.21. The van der Waals surface area contributed by atoms with Crippen molar-refractivity contribution in [2.75, 3.05) is 14.2 Å². The largest absolute Gasteiger partial charge is 0.467 e. The smallest absolute Gasteiger partial charge is 0.316 e. The lowest BCUT2D eigenvalue weighted by Crippen LogP contribution is -2.13. The molecule has 4 N–H and O–H groups in total. The van der Waals surface area contributed by atoms with Crippen molar-refractivity contribution < 1.29 is 4.74 Å². The average molecular weight is 272 g/mol. The van der Waals surface area contributed by atoms with Gasteiger partial charge in [-0.05, 0) is 6.08 Å². The summed E-state index contributed by atoms with van der Waals surface area (Å²) in [7, 11) is 3.27. The van der Waals surface area contributed by atoms with Crippen molar-refractivity contribution in [3.05, 3.63) is 41.1 Å². The molecule has 7 nitrogen and oxygen atoms in total. The van der Waals surface area contributed by atoms with Crippen LogP contribution in [-0.4, -0.2) is 36.1 Å². The lowest BCUT2D eigenvalue weighted by molar-refractivity contribution is 0.379. The molecule has 0 atom stereocenters. The van der Waals surface area contributed by atoms with E-state index in [1.807, 2.05) is 6.08 Å². The minimum atomic E-state index is 0.236. The molecule has 0 saturated carbocycles. The van der Waals surface area contributed by atoms with Crippen LogP contribution in [0, 0.1) is 5.41 Å². The molecule has 0 radical (unpaired) electrons. The molecule has 0 aromatic carbocycles. The molecule has 2 rings (SSSR count). The lowest BCUT2D eigenvalue weighted by atomic mass is 10.0. The summed E-state index contributed by atoms with van der Waals surface area (Å²) in [4.78, 5) is 12.2. The minimum Gasteiger partial charge on any atom is -0.467 e. The van der Waals surface area contributed by atoms with Crippen LogP contribution in [0.4, 0.5) is 0 Å². The fourth-order valence-electron chi connectivity index (χ4n) is 1.68. The second kappa shape index (κ2) is 5.96. The van der Waals surface area contributed by atoms with Crippen molar-refractivity contribution in [1.82, 2.24) is 15.3 Å². The van der Waals surface area contributed by atoms with E-state index in [0.717, 1.165) is 5.82 Å². The maximum atomic E-state index is 8.21. The molecule has 0 fully saturated rings. The van der Waals surface area contributed by atoms with E-state index in [-0.39, 0.29) is 11.7 Å². The monoisotopic (exact) mass is 272 g/mol. The van der Waals surface area contributed by atoms with E-state index in [0.29, 0.717) is 23.3 Å². The van der Waals surface area contributed by atoms with E-state index >= 15 is 0 Å². The molecule has 20 heavy (non-hydrogen) atoms. The van der Waals surface area contributed by atoms with Crippen LogP contribution in [0.1, 0.15) is 12.0 Å². The fraction of sp³-hybridized carbons (Fsp3) is 0.231. The zero-order valence-corrected chi connectivity index (χ0v) is 11.3. The first-order valence-electron chi connectivity index (χ1n) is 6.01. The lowest BCUT2D eigenvalue weighted by Gasteiger charge is -2.07. The van der Waals surface area contributed by atoms with Gasteiger partial charge in [0.2, 0.25) is 0 Å². The second-order valence-electron chi connectivity index (χ2n) is 4.07. The van der Waals surface area contributed by atoms with Crippen LogP contribution < -0.4 is 15.8 Å². The zero-order valence-electron chi connectivity index (χ0n) is 11.3. The molecule has 1 aliphatic rings. The van der Waals surface area contributed by atoms with Crippen LogP contribution in [0.3, 0.4) is 0 Å². The number of rotatable bonds is 4. The van der Waals surface area contributed by atoms with Gasteiger partial charge in [-0.15, -0.1) is 0 Å². The molecule has 0 bridgehead atoms. The normalized spacial score (nSPS) is 14.6. The number of hydrogen-bond donors (Lipinski definition) is 3. The third-order valence-electron chi connectivity index (χ3n) is 2.82. The minimum absolute atomic E-state index is 0.236.